The summed E-state index contributed by atoms with van der Waals surface area (Å²) in [5, 5.41) is 0. The molecule has 2 aliphatic heterocycles. The van der Waals surface area contributed by atoms with E-state index >= 15 is 0 Å². The molecule has 0 unspecified atom stereocenters. The molecule has 2 heteroatoms. The van der Waals surface area contributed by atoms with Crippen molar-refractivity contribution in [2.75, 3.05) is 0 Å². The van der Waals surface area contributed by atoms with Gasteiger partial charge in [0.15, 0.2) is 0 Å². The SMILES string of the molecule is CCc1ccc2c(c1)C=CC1(C=Cc3cc(CC)ccc3O1)O2. The van der Waals surface area contributed by atoms with Crippen LogP contribution in [0.25, 0.3) is 12.2 Å². The summed E-state index contributed by atoms with van der Waals surface area (Å²) >= 11 is 0. The highest BCUT2D eigenvalue weighted by atomic mass is 16.7. The van der Waals surface area contributed by atoms with Gasteiger partial charge >= 0.3 is 0 Å². The minimum Gasteiger partial charge on any atom is -0.445 e. The fourth-order valence-electron chi connectivity index (χ4n) is 3.05. The smallest absolute Gasteiger partial charge is 0.291 e. The Morgan fingerprint density at radius 2 is 1.22 bits per heavy atom. The van der Waals surface area contributed by atoms with Crippen LogP contribution in [0.15, 0.2) is 48.6 Å². The summed E-state index contributed by atoms with van der Waals surface area (Å²) in [6.07, 6.45) is 10.2. The van der Waals surface area contributed by atoms with Gasteiger partial charge in [0.2, 0.25) is 0 Å². The number of hydrogen-bond acceptors (Lipinski definition) is 2. The lowest BCUT2D eigenvalue weighted by atomic mass is 10.00. The molecule has 0 amide bonds. The van der Waals surface area contributed by atoms with Gasteiger partial charge in [-0.15, -0.1) is 0 Å². The minimum atomic E-state index is -0.832. The molecule has 0 saturated heterocycles. The predicted molar refractivity (Wildman–Crippen MR) is 93.7 cm³/mol. The maximum atomic E-state index is 6.18. The Bertz CT molecular complexity index is 745. The predicted octanol–water partition coefficient (Wildman–Crippen LogP) is 5.02. The van der Waals surface area contributed by atoms with Crippen LogP contribution in [0.3, 0.4) is 0 Å². The van der Waals surface area contributed by atoms with E-state index in [1.54, 1.807) is 0 Å². The first-order chi connectivity index (χ1) is 11.2. The van der Waals surface area contributed by atoms with Crippen LogP contribution in [-0.4, -0.2) is 5.79 Å². The van der Waals surface area contributed by atoms with E-state index in [0.717, 1.165) is 35.5 Å². The van der Waals surface area contributed by atoms with Crippen LogP contribution >= 0.6 is 0 Å². The number of fused-ring (bicyclic) bond motifs is 2. The Labute approximate surface area is 137 Å². The maximum absolute atomic E-state index is 6.18. The number of hydrogen-bond donors (Lipinski definition) is 0. The fraction of sp³-hybridized carbons (Fsp3) is 0.238. The van der Waals surface area contributed by atoms with Crippen molar-refractivity contribution in [1.29, 1.82) is 0 Å². The molecule has 0 atom stereocenters. The number of benzene rings is 2. The van der Waals surface area contributed by atoms with E-state index < -0.39 is 5.79 Å². The average molecular weight is 304 g/mol. The van der Waals surface area contributed by atoms with E-state index in [1.807, 2.05) is 24.3 Å². The third-order valence-corrected chi connectivity index (χ3v) is 4.49. The lowest BCUT2D eigenvalue weighted by molar-refractivity contribution is -0.0307. The van der Waals surface area contributed by atoms with Crippen molar-refractivity contribution in [1.82, 2.24) is 0 Å². The molecule has 2 nitrogen and oxygen atoms in total. The largest absolute Gasteiger partial charge is 0.445 e. The van der Waals surface area contributed by atoms with Crippen molar-refractivity contribution in [3.8, 4) is 11.5 Å². The van der Waals surface area contributed by atoms with E-state index in [2.05, 4.69) is 50.3 Å². The number of aryl methyl sites for hydroxylation is 2. The molecule has 2 aromatic carbocycles. The topological polar surface area (TPSA) is 18.5 Å². The maximum Gasteiger partial charge on any atom is 0.291 e. The Morgan fingerprint density at radius 1 is 0.739 bits per heavy atom. The first kappa shape index (κ1) is 14.1. The van der Waals surface area contributed by atoms with Gasteiger partial charge < -0.3 is 9.47 Å². The van der Waals surface area contributed by atoms with Gasteiger partial charge in [-0.1, -0.05) is 26.0 Å². The Morgan fingerprint density at radius 3 is 1.65 bits per heavy atom. The quantitative estimate of drug-likeness (QED) is 0.775. The van der Waals surface area contributed by atoms with Gasteiger partial charge in [0, 0.05) is 23.3 Å². The molecular weight excluding hydrogens is 284 g/mol. The third kappa shape index (κ3) is 2.44. The van der Waals surface area contributed by atoms with Crippen molar-refractivity contribution in [2.24, 2.45) is 0 Å². The van der Waals surface area contributed by atoms with Gasteiger partial charge in [-0.2, -0.15) is 0 Å². The van der Waals surface area contributed by atoms with Crippen molar-refractivity contribution in [2.45, 2.75) is 32.5 Å². The summed E-state index contributed by atoms with van der Waals surface area (Å²) in [5.41, 5.74) is 4.84. The summed E-state index contributed by atoms with van der Waals surface area (Å²) in [7, 11) is 0. The van der Waals surface area contributed by atoms with Gasteiger partial charge in [0.1, 0.15) is 11.5 Å². The first-order valence-corrected chi connectivity index (χ1v) is 8.24. The van der Waals surface area contributed by atoms with E-state index in [0.29, 0.717) is 0 Å². The molecule has 2 aromatic rings. The van der Waals surface area contributed by atoms with Crippen molar-refractivity contribution in [3.63, 3.8) is 0 Å². The zero-order valence-corrected chi connectivity index (χ0v) is 13.5. The molecule has 0 bridgehead atoms. The number of rotatable bonds is 2. The van der Waals surface area contributed by atoms with Crippen LogP contribution in [0, 0.1) is 0 Å². The summed E-state index contributed by atoms with van der Waals surface area (Å²) in [6, 6.07) is 12.6. The van der Waals surface area contributed by atoms with Crippen molar-refractivity contribution in [3.05, 3.63) is 70.8 Å². The Kier molecular flexibility index (Phi) is 3.26. The van der Waals surface area contributed by atoms with Crippen LogP contribution in [-0.2, 0) is 12.8 Å². The monoisotopic (exact) mass is 304 g/mol. The van der Waals surface area contributed by atoms with Crippen LogP contribution in [0.5, 0.6) is 11.5 Å². The van der Waals surface area contributed by atoms with Gasteiger partial charge in [-0.05, 0) is 60.4 Å². The molecule has 116 valence electrons. The molecule has 23 heavy (non-hydrogen) atoms. The standard InChI is InChI=1S/C21H20O2/c1-3-15-5-7-19-17(13-15)9-11-21(22-19)12-10-18-14-16(4-2)6-8-20(18)23-21/h5-14H,3-4H2,1-2H3. The highest BCUT2D eigenvalue weighted by molar-refractivity contribution is 5.67. The second kappa shape index (κ2) is 5.31. The zero-order valence-electron chi connectivity index (χ0n) is 13.5. The molecule has 0 aliphatic carbocycles. The Balaban J connectivity index is 1.68. The molecule has 2 heterocycles. The summed E-state index contributed by atoms with van der Waals surface area (Å²) in [6.45, 7) is 4.32. The molecule has 0 radical (unpaired) electrons. The molecule has 0 N–H and O–H groups in total. The molecular formula is C21H20O2. The van der Waals surface area contributed by atoms with Gasteiger partial charge in [-0.25, -0.2) is 0 Å². The summed E-state index contributed by atoms with van der Waals surface area (Å²) in [4.78, 5) is 0. The highest BCUT2D eigenvalue weighted by Crippen LogP contribution is 2.38. The molecule has 0 aromatic heterocycles. The van der Waals surface area contributed by atoms with Gasteiger partial charge in [0.25, 0.3) is 5.79 Å². The molecule has 4 rings (SSSR count). The molecule has 0 fully saturated rings. The molecule has 1 spiro atoms. The van der Waals surface area contributed by atoms with Crippen LogP contribution in [0.4, 0.5) is 0 Å². The normalized spacial score (nSPS) is 16.4. The van der Waals surface area contributed by atoms with E-state index in [9.17, 15) is 0 Å². The van der Waals surface area contributed by atoms with Crippen molar-refractivity contribution >= 4 is 12.2 Å². The van der Waals surface area contributed by atoms with E-state index in [1.165, 1.54) is 11.1 Å². The van der Waals surface area contributed by atoms with Crippen LogP contribution in [0.2, 0.25) is 0 Å². The number of ether oxygens (including phenoxy) is 2. The van der Waals surface area contributed by atoms with Gasteiger partial charge in [-0.3, -0.25) is 0 Å². The van der Waals surface area contributed by atoms with Crippen LogP contribution in [0.1, 0.15) is 36.1 Å². The fourth-order valence-corrected chi connectivity index (χ4v) is 3.05. The molecule has 2 aliphatic rings. The second-order valence-electron chi connectivity index (χ2n) is 6.04. The lowest BCUT2D eigenvalue weighted by Gasteiger charge is -2.35. The second-order valence-corrected chi connectivity index (χ2v) is 6.04. The average Bonchev–Trinajstić information content (AvgIpc) is 2.61. The third-order valence-electron chi connectivity index (χ3n) is 4.49. The van der Waals surface area contributed by atoms with E-state index in [4.69, 9.17) is 9.47 Å². The van der Waals surface area contributed by atoms with Crippen LogP contribution < -0.4 is 9.47 Å². The Hall–Kier alpha value is -2.48. The first-order valence-electron chi connectivity index (χ1n) is 8.24. The summed E-state index contributed by atoms with van der Waals surface area (Å²) < 4.78 is 12.4. The highest BCUT2D eigenvalue weighted by Gasteiger charge is 2.35. The van der Waals surface area contributed by atoms with Gasteiger partial charge in [0.05, 0.1) is 0 Å². The summed E-state index contributed by atoms with van der Waals surface area (Å²) in [5.74, 6) is 0.896. The lowest BCUT2D eigenvalue weighted by Crippen LogP contribution is -2.41. The zero-order chi connectivity index (χ0) is 15.9. The van der Waals surface area contributed by atoms with E-state index in [-0.39, 0.29) is 0 Å². The van der Waals surface area contributed by atoms with Crippen molar-refractivity contribution < 1.29 is 9.47 Å². The minimum absolute atomic E-state index is 0.832. The molecule has 0 saturated carbocycles.